The molecule has 0 saturated heterocycles. The second-order valence-electron chi connectivity index (χ2n) is 3.31. The van der Waals surface area contributed by atoms with Gasteiger partial charge in [-0.3, -0.25) is 0 Å². The van der Waals surface area contributed by atoms with Gasteiger partial charge in [-0.2, -0.15) is 0 Å². The summed E-state index contributed by atoms with van der Waals surface area (Å²) < 4.78 is 0. The number of halogens is 1. The number of anilines is 1. The lowest BCUT2D eigenvalue weighted by molar-refractivity contribution is 0.863. The summed E-state index contributed by atoms with van der Waals surface area (Å²) in [6, 6.07) is 8.37. The molecule has 1 aromatic rings. The third-order valence-corrected chi connectivity index (χ3v) is 2.46. The predicted octanol–water partition coefficient (Wildman–Crippen LogP) is 3.58. The summed E-state index contributed by atoms with van der Waals surface area (Å²) in [6.45, 7) is 5.32. The van der Waals surface area contributed by atoms with Gasteiger partial charge in [-0.05, 0) is 25.0 Å². The minimum Gasteiger partial charge on any atom is -0.385 e. The lowest BCUT2D eigenvalue weighted by Crippen LogP contribution is -2.06. The summed E-state index contributed by atoms with van der Waals surface area (Å²) in [4.78, 5) is 0.587. The molecule has 0 radical (unpaired) electrons. The van der Waals surface area contributed by atoms with Crippen molar-refractivity contribution in [3.05, 3.63) is 29.8 Å². The smallest absolute Gasteiger partial charge is 0.0369 e. The van der Waals surface area contributed by atoms with Crippen molar-refractivity contribution in [2.45, 2.75) is 25.1 Å². The number of para-hydroxylation sites is 1. The Kier molecular flexibility index (Phi) is 4.29. The molecule has 0 aromatic heterocycles. The van der Waals surface area contributed by atoms with Gasteiger partial charge in [-0.1, -0.05) is 41.1 Å². The van der Waals surface area contributed by atoms with Gasteiger partial charge in [-0.15, -0.1) is 0 Å². The van der Waals surface area contributed by atoms with Crippen LogP contribution in [-0.2, 0) is 0 Å². The van der Waals surface area contributed by atoms with Gasteiger partial charge in [0.25, 0.3) is 0 Å². The van der Waals surface area contributed by atoms with Gasteiger partial charge in [0.1, 0.15) is 0 Å². The van der Waals surface area contributed by atoms with E-state index >= 15 is 0 Å². The predicted molar refractivity (Wildman–Crippen MR) is 62.7 cm³/mol. The number of hydrogen-bond acceptors (Lipinski definition) is 1. The van der Waals surface area contributed by atoms with Crippen molar-refractivity contribution in [1.29, 1.82) is 0 Å². The summed E-state index contributed by atoms with van der Waals surface area (Å²) in [6.07, 6.45) is 1.15. The molecule has 2 heteroatoms. The van der Waals surface area contributed by atoms with Gasteiger partial charge >= 0.3 is 0 Å². The molecule has 1 unspecified atom stereocenters. The highest BCUT2D eigenvalue weighted by Crippen LogP contribution is 2.13. The number of rotatable bonds is 4. The quantitative estimate of drug-likeness (QED) is 0.795. The maximum absolute atomic E-state index is 3.53. The number of benzene rings is 1. The highest BCUT2D eigenvalue weighted by molar-refractivity contribution is 9.09. The van der Waals surface area contributed by atoms with E-state index in [2.05, 4.69) is 59.4 Å². The van der Waals surface area contributed by atoms with Gasteiger partial charge < -0.3 is 5.32 Å². The van der Waals surface area contributed by atoms with Crippen LogP contribution in [0.25, 0.3) is 0 Å². The Balaban J connectivity index is 2.41. The summed E-state index contributed by atoms with van der Waals surface area (Å²) in [7, 11) is 0. The van der Waals surface area contributed by atoms with Crippen molar-refractivity contribution >= 4 is 21.6 Å². The van der Waals surface area contributed by atoms with Gasteiger partial charge in [0, 0.05) is 17.1 Å². The molecule has 0 amide bonds. The van der Waals surface area contributed by atoms with E-state index in [1.54, 1.807) is 0 Å². The average Bonchev–Trinajstić information content (AvgIpc) is 2.08. The molecule has 0 aliphatic carbocycles. The highest BCUT2D eigenvalue weighted by atomic mass is 79.9. The van der Waals surface area contributed by atoms with Gasteiger partial charge in [0.05, 0.1) is 0 Å². The van der Waals surface area contributed by atoms with E-state index in [4.69, 9.17) is 0 Å². The van der Waals surface area contributed by atoms with Crippen molar-refractivity contribution in [2.24, 2.45) is 0 Å². The van der Waals surface area contributed by atoms with Crippen molar-refractivity contribution in [2.75, 3.05) is 11.9 Å². The number of alkyl halides is 1. The zero-order valence-corrected chi connectivity index (χ0v) is 9.76. The number of nitrogens with one attached hydrogen (secondary N) is 1. The van der Waals surface area contributed by atoms with Crippen LogP contribution in [0.2, 0.25) is 0 Å². The summed E-state index contributed by atoms with van der Waals surface area (Å²) >= 11 is 3.53. The molecule has 1 N–H and O–H groups in total. The van der Waals surface area contributed by atoms with Crippen LogP contribution >= 0.6 is 15.9 Å². The first-order valence-electron chi connectivity index (χ1n) is 4.63. The van der Waals surface area contributed by atoms with E-state index in [0.29, 0.717) is 4.83 Å². The molecule has 72 valence electrons. The molecule has 0 heterocycles. The van der Waals surface area contributed by atoms with Crippen LogP contribution in [-0.4, -0.2) is 11.4 Å². The summed E-state index contributed by atoms with van der Waals surface area (Å²) in [5, 5.41) is 3.41. The molecule has 1 aromatic carbocycles. The Morgan fingerprint density at radius 1 is 1.38 bits per heavy atom. The number of hydrogen-bond donors (Lipinski definition) is 1. The van der Waals surface area contributed by atoms with Crippen LogP contribution in [0.4, 0.5) is 5.69 Å². The Hall–Kier alpha value is -0.500. The molecule has 1 atom stereocenters. The Labute approximate surface area is 88.7 Å². The van der Waals surface area contributed by atoms with Gasteiger partial charge in [0.2, 0.25) is 0 Å². The topological polar surface area (TPSA) is 12.0 Å². The molecule has 13 heavy (non-hydrogen) atoms. The molecule has 0 bridgehead atoms. The third kappa shape index (κ3) is 3.81. The molecule has 0 fully saturated rings. The fourth-order valence-electron chi connectivity index (χ4n) is 1.18. The Morgan fingerprint density at radius 3 is 2.69 bits per heavy atom. The second kappa shape index (κ2) is 5.28. The van der Waals surface area contributed by atoms with E-state index in [1.807, 2.05) is 0 Å². The molecule has 0 aliphatic heterocycles. The highest BCUT2D eigenvalue weighted by Gasteiger charge is 1.97. The first kappa shape index (κ1) is 10.6. The van der Waals surface area contributed by atoms with Crippen LogP contribution in [0.1, 0.15) is 18.9 Å². The van der Waals surface area contributed by atoms with Crippen molar-refractivity contribution in [3.63, 3.8) is 0 Å². The SMILES string of the molecule is Cc1ccccc1NCCC(C)Br. The fourth-order valence-corrected chi connectivity index (χ4v) is 1.41. The molecule has 0 spiro atoms. The molecule has 1 nitrogen and oxygen atoms in total. The Morgan fingerprint density at radius 2 is 2.08 bits per heavy atom. The third-order valence-electron chi connectivity index (χ3n) is 2.00. The molecule has 0 saturated carbocycles. The summed E-state index contributed by atoms with van der Waals surface area (Å²) in [5.74, 6) is 0. The van der Waals surface area contributed by atoms with Crippen molar-refractivity contribution < 1.29 is 0 Å². The van der Waals surface area contributed by atoms with E-state index < -0.39 is 0 Å². The maximum atomic E-state index is 3.53. The van der Waals surface area contributed by atoms with Crippen LogP contribution < -0.4 is 5.32 Å². The number of aryl methyl sites for hydroxylation is 1. The van der Waals surface area contributed by atoms with Crippen LogP contribution in [0.5, 0.6) is 0 Å². The van der Waals surface area contributed by atoms with E-state index in [9.17, 15) is 0 Å². The normalized spacial score (nSPS) is 12.5. The van der Waals surface area contributed by atoms with Crippen LogP contribution in [0, 0.1) is 6.92 Å². The molecular weight excluding hydrogens is 226 g/mol. The lowest BCUT2D eigenvalue weighted by Gasteiger charge is -2.09. The van der Waals surface area contributed by atoms with Crippen molar-refractivity contribution in [1.82, 2.24) is 0 Å². The van der Waals surface area contributed by atoms with Gasteiger partial charge in [-0.25, -0.2) is 0 Å². The molecular formula is C11H16BrN. The minimum absolute atomic E-state index is 0.587. The fraction of sp³-hybridized carbons (Fsp3) is 0.455. The maximum Gasteiger partial charge on any atom is 0.0369 e. The first-order chi connectivity index (χ1) is 6.20. The van der Waals surface area contributed by atoms with E-state index in [0.717, 1.165) is 13.0 Å². The zero-order chi connectivity index (χ0) is 9.68. The average molecular weight is 242 g/mol. The first-order valence-corrected chi connectivity index (χ1v) is 5.55. The summed E-state index contributed by atoms with van der Waals surface area (Å²) in [5.41, 5.74) is 2.56. The molecule has 0 aliphatic rings. The van der Waals surface area contributed by atoms with Crippen LogP contribution in [0.3, 0.4) is 0 Å². The molecule has 1 rings (SSSR count). The van der Waals surface area contributed by atoms with Gasteiger partial charge in [0.15, 0.2) is 0 Å². The minimum atomic E-state index is 0.587. The van der Waals surface area contributed by atoms with Crippen LogP contribution in [0.15, 0.2) is 24.3 Å². The standard InChI is InChI=1S/C11H16BrN/c1-9-5-3-4-6-11(9)13-8-7-10(2)12/h3-6,10,13H,7-8H2,1-2H3. The lowest BCUT2D eigenvalue weighted by atomic mass is 10.2. The second-order valence-corrected chi connectivity index (χ2v) is 4.87. The van der Waals surface area contributed by atoms with Crippen molar-refractivity contribution in [3.8, 4) is 0 Å². The van der Waals surface area contributed by atoms with E-state index in [1.165, 1.54) is 11.3 Å². The zero-order valence-electron chi connectivity index (χ0n) is 8.18. The largest absolute Gasteiger partial charge is 0.385 e. The van der Waals surface area contributed by atoms with E-state index in [-0.39, 0.29) is 0 Å². The Bertz CT molecular complexity index is 258. The monoisotopic (exact) mass is 241 g/mol.